The molecule has 0 rings (SSSR count). The molecule has 12 heavy (non-hydrogen) atoms. The normalized spacial score (nSPS) is 12.2. The minimum atomic E-state index is -1.03. The van der Waals surface area contributed by atoms with Gasteiger partial charge in [0.25, 0.3) is 0 Å². The molecule has 0 bridgehead atoms. The molecule has 0 aromatic heterocycles. The van der Waals surface area contributed by atoms with Crippen LogP contribution in [0, 0.1) is 0 Å². The second kappa shape index (κ2) is 5.83. The third kappa shape index (κ3) is 4.96. The number of rotatable bonds is 5. The highest BCUT2D eigenvalue weighted by atomic mass is 35.5. The zero-order valence-corrected chi connectivity index (χ0v) is 7.60. The molecule has 4 nitrogen and oxygen atoms in total. The summed E-state index contributed by atoms with van der Waals surface area (Å²) in [7, 11) is 0. The predicted octanol–water partition coefficient (Wildman–Crippen LogP) is 0.595. The first-order valence-corrected chi connectivity index (χ1v) is 4.19. The van der Waals surface area contributed by atoms with Crippen LogP contribution in [0.2, 0.25) is 0 Å². The van der Waals surface area contributed by atoms with Crippen LogP contribution in [0.15, 0.2) is 0 Å². The first kappa shape index (κ1) is 11.2. The van der Waals surface area contributed by atoms with E-state index in [1.165, 1.54) is 6.92 Å². The van der Waals surface area contributed by atoms with E-state index in [9.17, 15) is 9.59 Å². The number of carboxylic acids is 1. The van der Waals surface area contributed by atoms with Crippen molar-refractivity contribution in [3.8, 4) is 0 Å². The van der Waals surface area contributed by atoms with Crippen LogP contribution in [0.1, 0.15) is 19.8 Å². The fourth-order valence-corrected chi connectivity index (χ4v) is 0.736. The predicted molar refractivity (Wildman–Crippen MR) is 45.2 cm³/mol. The van der Waals surface area contributed by atoms with Gasteiger partial charge in [0.1, 0.15) is 6.04 Å². The van der Waals surface area contributed by atoms with E-state index in [0.717, 1.165) is 0 Å². The average Bonchev–Trinajstić information content (AvgIpc) is 2.00. The van der Waals surface area contributed by atoms with Gasteiger partial charge in [-0.3, -0.25) is 9.59 Å². The van der Waals surface area contributed by atoms with E-state index in [-0.39, 0.29) is 12.3 Å². The van der Waals surface area contributed by atoms with E-state index in [0.29, 0.717) is 12.3 Å². The van der Waals surface area contributed by atoms with Crippen molar-refractivity contribution in [1.82, 2.24) is 5.32 Å². The maximum atomic E-state index is 10.9. The quantitative estimate of drug-likeness (QED) is 0.629. The Bertz CT molecular complexity index is 172. The standard InChI is InChI=1S/C7H12ClNO3/c1-5(7(11)12)9-6(10)3-2-4-8/h5H,2-4H2,1H3,(H,9,10)(H,11,12). The smallest absolute Gasteiger partial charge is 0.325 e. The number of nitrogens with one attached hydrogen (secondary N) is 1. The van der Waals surface area contributed by atoms with Crippen molar-refractivity contribution < 1.29 is 14.7 Å². The summed E-state index contributed by atoms with van der Waals surface area (Å²) in [4.78, 5) is 21.2. The van der Waals surface area contributed by atoms with E-state index in [2.05, 4.69) is 5.32 Å². The molecule has 0 radical (unpaired) electrons. The van der Waals surface area contributed by atoms with Gasteiger partial charge in [0.05, 0.1) is 0 Å². The molecule has 0 fully saturated rings. The molecule has 0 aliphatic rings. The molecule has 70 valence electrons. The number of carbonyl (C=O) groups excluding carboxylic acids is 1. The van der Waals surface area contributed by atoms with Crippen molar-refractivity contribution in [2.75, 3.05) is 5.88 Å². The SMILES string of the molecule is CC(NC(=O)CCCCl)C(=O)O. The topological polar surface area (TPSA) is 66.4 Å². The summed E-state index contributed by atoms with van der Waals surface area (Å²) in [6.45, 7) is 1.42. The van der Waals surface area contributed by atoms with Crippen molar-refractivity contribution >= 4 is 23.5 Å². The lowest BCUT2D eigenvalue weighted by Gasteiger charge is -2.07. The average molecular weight is 194 g/mol. The van der Waals surface area contributed by atoms with E-state index in [1.807, 2.05) is 0 Å². The van der Waals surface area contributed by atoms with E-state index in [4.69, 9.17) is 16.7 Å². The third-order valence-corrected chi connectivity index (χ3v) is 1.55. The van der Waals surface area contributed by atoms with Gasteiger partial charge >= 0.3 is 5.97 Å². The lowest BCUT2D eigenvalue weighted by atomic mass is 10.3. The molecular formula is C7H12ClNO3. The number of aliphatic carboxylic acids is 1. The Hall–Kier alpha value is -0.770. The molecule has 0 aromatic carbocycles. The number of alkyl halides is 1. The first-order valence-electron chi connectivity index (χ1n) is 3.66. The van der Waals surface area contributed by atoms with Crippen LogP contribution < -0.4 is 5.32 Å². The second-order valence-electron chi connectivity index (χ2n) is 2.42. The van der Waals surface area contributed by atoms with Gasteiger partial charge in [0.15, 0.2) is 0 Å². The maximum Gasteiger partial charge on any atom is 0.325 e. The van der Waals surface area contributed by atoms with Crippen molar-refractivity contribution in [2.24, 2.45) is 0 Å². The molecule has 0 aromatic rings. The fraction of sp³-hybridized carbons (Fsp3) is 0.714. The molecule has 1 unspecified atom stereocenters. The van der Waals surface area contributed by atoms with Gasteiger partial charge in [0, 0.05) is 12.3 Å². The van der Waals surface area contributed by atoms with E-state index < -0.39 is 12.0 Å². The molecule has 1 amide bonds. The molecule has 0 saturated heterocycles. The lowest BCUT2D eigenvalue weighted by molar-refractivity contribution is -0.141. The molecular weight excluding hydrogens is 182 g/mol. The van der Waals surface area contributed by atoms with Crippen LogP contribution in [0.4, 0.5) is 0 Å². The summed E-state index contributed by atoms with van der Waals surface area (Å²) in [6, 6.07) is -0.826. The Kier molecular flexibility index (Phi) is 5.45. The summed E-state index contributed by atoms with van der Waals surface area (Å²) in [5, 5.41) is 10.7. The van der Waals surface area contributed by atoms with Crippen molar-refractivity contribution in [1.29, 1.82) is 0 Å². The molecule has 5 heteroatoms. The largest absolute Gasteiger partial charge is 0.480 e. The van der Waals surface area contributed by atoms with Crippen molar-refractivity contribution in [3.63, 3.8) is 0 Å². The highest BCUT2D eigenvalue weighted by molar-refractivity contribution is 6.17. The van der Waals surface area contributed by atoms with Crippen LogP contribution in [0.5, 0.6) is 0 Å². The van der Waals surface area contributed by atoms with Crippen LogP contribution in [0.3, 0.4) is 0 Å². The summed E-state index contributed by atoms with van der Waals surface area (Å²) < 4.78 is 0. The minimum Gasteiger partial charge on any atom is -0.480 e. The molecule has 0 aliphatic carbocycles. The molecule has 1 atom stereocenters. The Morgan fingerprint density at radius 1 is 1.58 bits per heavy atom. The van der Waals surface area contributed by atoms with Gasteiger partial charge in [-0.2, -0.15) is 0 Å². The van der Waals surface area contributed by atoms with Crippen LogP contribution in [-0.2, 0) is 9.59 Å². The first-order chi connectivity index (χ1) is 5.57. The molecule has 0 saturated carbocycles. The van der Waals surface area contributed by atoms with Gasteiger partial charge in [-0.15, -0.1) is 11.6 Å². The van der Waals surface area contributed by atoms with Gasteiger partial charge in [-0.1, -0.05) is 0 Å². The van der Waals surface area contributed by atoms with Gasteiger partial charge in [-0.05, 0) is 13.3 Å². The number of amides is 1. The molecule has 0 aliphatic heterocycles. The molecule has 0 heterocycles. The zero-order chi connectivity index (χ0) is 9.56. The number of carbonyl (C=O) groups is 2. The highest BCUT2D eigenvalue weighted by Crippen LogP contribution is 1.92. The summed E-state index contributed by atoms with van der Waals surface area (Å²) in [6.07, 6.45) is 0.848. The van der Waals surface area contributed by atoms with E-state index >= 15 is 0 Å². The Labute approximate surface area is 75.9 Å². The Morgan fingerprint density at radius 3 is 2.58 bits per heavy atom. The Balaban J connectivity index is 3.61. The van der Waals surface area contributed by atoms with Crippen LogP contribution >= 0.6 is 11.6 Å². The number of halogens is 1. The zero-order valence-electron chi connectivity index (χ0n) is 6.84. The molecule has 0 spiro atoms. The second-order valence-corrected chi connectivity index (χ2v) is 2.80. The van der Waals surface area contributed by atoms with Crippen molar-refractivity contribution in [3.05, 3.63) is 0 Å². The van der Waals surface area contributed by atoms with Gasteiger partial charge in [-0.25, -0.2) is 0 Å². The number of hydrogen-bond acceptors (Lipinski definition) is 2. The summed E-state index contributed by atoms with van der Waals surface area (Å²) >= 11 is 5.35. The van der Waals surface area contributed by atoms with Crippen LogP contribution in [0.25, 0.3) is 0 Å². The number of hydrogen-bond donors (Lipinski definition) is 2. The molecule has 2 N–H and O–H groups in total. The van der Waals surface area contributed by atoms with Crippen molar-refractivity contribution in [2.45, 2.75) is 25.8 Å². The number of carboxylic acid groups (broad SMARTS) is 1. The van der Waals surface area contributed by atoms with Gasteiger partial charge in [0.2, 0.25) is 5.91 Å². The minimum absolute atomic E-state index is 0.273. The maximum absolute atomic E-state index is 10.9. The lowest BCUT2D eigenvalue weighted by Crippen LogP contribution is -2.38. The summed E-state index contributed by atoms with van der Waals surface area (Å²) in [5.41, 5.74) is 0. The monoisotopic (exact) mass is 193 g/mol. The fourth-order valence-electron chi connectivity index (χ4n) is 0.603. The summed E-state index contributed by atoms with van der Waals surface area (Å²) in [5.74, 6) is -0.894. The Morgan fingerprint density at radius 2 is 2.17 bits per heavy atom. The van der Waals surface area contributed by atoms with Gasteiger partial charge < -0.3 is 10.4 Å². The van der Waals surface area contributed by atoms with E-state index in [1.54, 1.807) is 0 Å². The highest BCUT2D eigenvalue weighted by Gasteiger charge is 2.12. The third-order valence-electron chi connectivity index (χ3n) is 1.29. The van der Waals surface area contributed by atoms with Crippen LogP contribution in [-0.4, -0.2) is 28.9 Å².